The summed E-state index contributed by atoms with van der Waals surface area (Å²) in [7, 11) is 1.95. The van der Waals surface area contributed by atoms with Gasteiger partial charge in [-0.25, -0.2) is 0 Å². The first kappa shape index (κ1) is 12.2. The van der Waals surface area contributed by atoms with Crippen LogP contribution in [0.15, 0.2) is 30.3 Å². The van der Waals surface area contributed by atoms with Gasteiger partial charge in [0.05, 0.1) is 12.1 Å². The maximum Gasteiger partial charge on any atom is 0.122 e. The van der Waals surface area contributed by atoms with Gasteiger partial charge in [0.1, 0.15) is 6.42 Å². The number of benzene rings is 1. The maximum atomic E-state index is 7.59. The number of hydrogen-bond acceptors (Lipinski definition) is 3. The van der Waals surface area contributed by atoms with E-state index in [1.54, 1.807) is 12.1 Å². The monoisotopic (exact) mass is 187 g/mol. The van der Waals surface area contributed by atoms with Crippen LogP contribution in [0.3, 0.4) is 0 Å². The standard InChI is InChI=1S/C8H11N.C3H2N2/c1-9-7-8-5-3-2-4-6-8;4-2-1-3-5/h2-6,9H,7H2,1H3;1H2. The van der Waals surface area contributed by atoms with E-state index in [0.717, 1.165) is 6.54 Å². The summed E-state index contributed by atoms with van der Waals surface area (Å²) in [5.74, 6) is 0. The summed E-state index contributed by atoms with van der Waals surface area (Å²) in [6.07, 6.45) is 0. The average Bonchev–Trinajstić information content (AvgIpc) is 2.22. The predicted octanol–water partition coefficient (Wildman–Crippen LogP) is 1.83. The van der Waals surface area contributed by atoms with Gasteiger partial charge in [0.2, 0.25) is 0 Å². The zero-order chi connectivity index (χ0) is 10.6. The second-order valence-corrected chi connectivity index (χ2v) is 2.51. The zero-order valence-electron chi connectivity index (χ0n) is 8.20. The quantitative estimate of drug-likeness (QED) is 0.768. The second-order valence-electron chi connectivity index (χ2n) is 2.51. The van der Waals surface area contributed by atoms with Crippen molar-refractivity contribution in [2.45, 2.75) is 13.0 Å². The first-order valence-corrected chi connectivity index (χ1v) is 4.27. The van der Waals surface area contributed by atoms with Crippen LogP contribution in [0.2, 0.25) is 0 Å². The molecule has 0 atom stereocenters. The summed E-state index contributed by atoms with van der Waals surface area (Å²) in [5, 5.41) is 18.3. The first-order valence-electron chi connectivity index (χ1n) is 4.27. The third kappa shape index (κ3) is 6.84. The molecule has 0 radical (unpaired) electrons. The summed E-state index contributed by atoms with van der Waals surface area (Å²) < 4.78 is 0. The Morgan fingerprint density at radius 1 is 1.14 bits per heavy atom. The van der Waals surface area contributed by atoms with E-state index in [9.17, 15) is 0 Å². The Balaban J connectivity index is 0.000000292. The fourth-order valence-corrected chi connectivity index (χ4v) is 0.835. The van der Waals surface area contributed by atoms with Crippen molar-refractivity contribution in [1.29, 1.82) is 10.5 Å². The lowest BCUT2D eigenvalue weighted by molar-refractivity contribution is 0.818. The van der Waals surface area contributed by atoms with Crippen molar-refractivity contribution in [3.8, 4) is 12.1 Å². The molecule has 0 amide bonds. The Kier molecular flexibility index (Phi) is 8.03. The van der Waals surface area contributed by atoms with Crippen LogP contribution in [-0.2, 0) is 6.54 Å². The Hall–Kier alpha value is -1.84. The van der Waals surface area contributed by atoms with Crippen molar-refractivity contribution in [1.82, 2.24) is 5.32 Å². The zero-order valence-corrected chi connectivity index (χ0v) is 8.20. The van der Waals surface area contributed by atoms with E-state index < -0.39 is 0 Å². The van der Waals surface area contributed by atoms with Gasteiger partial charge in [0, 0.05) is 6.54 Å². The van der Waals surface area contributed by atoms with Crippen LogP contribution in [0.5, 0.6) is 0 Å². The van der Waals surface area contributed by atoms with Gasteiger partial charge in [-0.15, -0.1) is 0 Å². The fraction of sp³-hybridized carbons (Fsp3) is 0.273. The normalized spacial score (nSPS) is 7.64. The minimum absolute atomic E-state index is 0. The first-order chi connectivity index (χ1) is 6.85. The molecule has 0 saturated carbocycles. The van der Waals surface area contributed by atoms with E-state index in [2.05, 4.69) is 17.4 Å². The number of hydrogen-bond donors (Lipinski definition) is 1. The molecule has 72 valence electrons. The highest BCUT2D eigenvalue weighted by atomic mass is 14.8. The second kappa shape index (κ2) is 9.25. The van der Waals surface area contributed by atoms with E-state index >= 15 is 0 Å². The van der Waals surface area contributed by atoms with Gasteiger partial charge < -0.3 is 5.32 Å². The molecule has 1 aromatic rings. The molecule has 0 spiro atoms. The highest BCUT2D eigenvalue weighted by molar-refractivity contribution is 5.13. The Morgan fingerprint density at radius 3 is 2.07 bits per heavy atom. The molecule has 0 saturated heterocycles. The van der Waals surface area contributed by atoms with Gasteiger partial charge in [-0.1, -0.05) is 30.3 Å². The van der Waals surface area contributed by atoms with Crippen molar-refractivity contribution in [3.63, 3.8) is 0 Å². The van der Waals surface area contributed by atoms with Gasteiger partial charge in [0.15, 0.2) is 0 Å². The third-order valence-electron chi connectivity index (χ3n) is 1.38. The minimum atomic E-state index is 0. The van der Waals surface area contributed by atoms with E-state index in [4.69, 9.17) is 10.5 Å². The molecule has 0 fully saturated rings. The van der Waals surface area contributed by atoms with Crippen molar-refractivity contribution in [3.05, 3.63) is 35.9 Å². The fourth-order valence-electron chi connectivity index (χ4n) is 0.835. The lowest BCUT2D eigenvalue weighted by Gasteiger charge is -1.95. The summed E-state index contributed by atoms with van der Waals surface area (Å²) in [6.45, 7) is 0.959. The maximum absolute atomic E-state index is 7.59. The molecule has 0 unspecified atom stereocenters. The van der Waals surface area contributed by atoms with Crippen molar-refractivity contribution in [2.24, 2.45) is 0 Å². The molecule has 14 heavy (non-hydrogen) atoms. The summed E-state index contributed by atoms with van der Waals surface area (Å²) in [5.41, 5.74) is 1.33. The molecule has 1 rings (SSSR count). The van der Waals surface area contributed by atoms with E-state index in [1.165, 1.54) is 5.56 Å². The third-order valence-corrected chi connectivity index (χ3v) is 1.38. The van der Waals surface area contributed by atoms with Crippen LogP contribution < -0.4 is 5.32 Å². The lowest BCUT2D eigenvalue weighted by atomic mass is 10.2. The molecule has 3 heteroatoms. The van der Waals surface area contributed by atoms with Crippen molar-refractivity contribution in [2.75, 3.05) is 7.05 Å². The molecule has 0 bridgehead atoms. The highest BCUT2D eigenvalue weighted by Crippen LogP contribution is 1.95. The van der Waals surface area contributed by atoms with Gasteiger partial charge >= 0.3 is 0 Å². The predicted molar refractivity (Wildman–Crippen MR) is 55.0 cm³/mol. The molecule has 0 heterocycles. The van der Waals surface area contributed by atoms with Crippen molar-refractivity contribution < 1.29 is 0 Å². The molecule has 0 aliphatic heterocycles. The number of nitriles is 2. The highest BCUT2D eigenvalue weighted by Gasteiger charge is 1.83. The van der Waals surface area contributed by atoms with Crippen LogP contribution in [0, 0.1) is 22.7 Å². The van der Waals surface area contributed by atoms with Crippen LogP contribution >= 0.6 is 0 Å². The van der Waals surface area contributed by atoms with E-state index in [-0.39, 0.29) is 6.42 Å². The van der Waals surface area contributed by atoms with Gasteiger partial charge in [0.25, 0.3) is 0 Å². The average molecular weight is 187 g/mol. The number of rotatable bonds is 2. The van der Waals surface area contributed by atoms with Gasteiger partial charge in [-0.05, 0) is 12.6 Å². The summed E-state index contributed by atoms with van der Waals surface area (Å²) >= 11 is 0. The summed E-state index contributed by atoms with van der Waals surface area (Å²) in [6, 6.07) is 13.7. The molecule has 3 nitrogen and oxygen atoms in total. The van der Waals surface area contributed by atoms with Crippen LogP contribution in [0.4, 0.5) is 0 Å². The Labute approximate surface area is 84.6 Å². The van der Waals surface area contributed by atoms with Gasteiger partial charge in [-0.3, -0.25) is 0 Å². The molecular formula is C11H13N3. The topological polar surface area (TPSA) is 59.6 Å². The molecule has 1 N–H and O–H groups in total. The lowest BCUT2D eigenvalue weighted by Crippen LogP contribution is -2.04. The molecule has 1 aromatic carbocycles. The molecule has 0 aliphatic carbocycles. The SMILES string of the molecule is CNCc1ccccc1.N#CCC#N. The smallest absolute Gasteiger partial charge is 0.122 e. The Bertz CT molecular complexity index is 294. The Morgan fingerprint density at radius 2 is 1.71 bits per heavy atom. The number of nitrogens with zero attached hydrogens (tertiary/aromatic N) is 2. The minimum Gasteiger partial charge on any atom is -0.316 e. The van der Waals surface area contributed by atoms with Crippen LogP contribution in [0.25, 0.3) is 0 Å². The largest absolute Gasteiger partial charge is 0.316 e. The van der Waals surface area contributed by atoms with Gasteiger partial charge in [-0.2, -0.15) is 10.5 Å². The van der Waals surface area contributed by atoms with E-state index in [1.807, 2.05) is 25.2 Å². The molecular weight excluding hydrogens is 174 g/mol. The molecule has 0 aromatic heterocycles. The van der Waals surface area contributed by atoms with Crippen LogP contribution in [-0.4, -0.2) is 7.05 Å². The van der Waals surface area contributed by atoms with E-state index in [0.29, 0.717) is 0 Å². The molecule has 0 aliphatic rings. The summed E-state index contributed by atoms with van der Waals surface area (Å²) in [4.78, 5) is 0. The van der Waals surface area contributed by atoms with Crippen LogP contribution in [0.1, 0.15) is 12.0 Å². The van der Waals surface area contributed by atoms with Crippen molar-refractivity contribution >= 4 is 0 Å². The number of nitrogens with one attached hydrogen (secondary N) is 1.